The van der Waals surface area contributed by atoms with Crippen molar-refractivity contribution in [2.24, 2.45) is 0 Å². The van der Waals surface area contributed by atoms with Crippen molar-refractivity contribution in [1.82, 2.24) is 10.4 Å². The monoisotopic (exact) mass is 294 g/mol. The van der Waals surface area contributed by atoms with E-state index in [1.807, 2.05) is 24.3 Å². The molecule has 1 aliphatic heterocycles. The summed E-state index contributed by atoms with van der Waals surface area (Å²) in [6.07, 6.45) is -2.17. The number of ether oxygens (including phenoxy) is 3. The Kier molecular flexibility index (Phi) is 4.99. The molecule has 0 bridgehead atoms. The normalized spacial score (nSPS) is 16.0. The molecule has 21 heavy (non-hydrogen) atoms. The number of hydrogen-bond acceptors (Lipinski definition) is 5. The number of carbonyl (C=O) groups is 2. The van der Waals surface area contributed by atoms with Crippen molar-refractivity contribution in [2.75, 3.05) is 13.2 Å². The lowest BCUT2D eigenvalue weighted by Crippen LogP contribution is -2.48. The first kappa shape index (κ1) is 15.1. The van der Waals surface area contributed by atoms with E-state index in [0.29, 0.717) is 6.61 Å². The zero-order valence-corrected chi connectivity index (χ0v) is 12.0. The van der Waals surface area contributed by atoms with Crippen LogP contribution in [-0.2, 0) is 20.8 Å². The minimum Gasteiger partial charge on any atom is -0.449 e. The molecule has 1 aromatic rings. The van der Waals surface area contributed by atoms with E-state index in [-0.39, 0.29) is 13.2 Å². The maximum Gasteiger partial charge on any atom is 0.431 e. The van der Waals surface area contributed by atoms with Crippen LogP contribution in [0.4, 0.5) is 9.59 Å². The molecule has 1 unspecified atom stereocenters. The van der Waals surface area contributed by atoms with Gasteiger partial charge in [-0.25, -0.2) is 15.0 Å². The zero-order valence-electron chi connectivity index (χ0n) is 12.0. The molecule has 7 heteroatoms. The minimum absolute atomic E-state index is 0.189. The minimum atomic E-state index is -0.737. The van der Waals surface area contributed by atoms with Gasteiger partial charge in [-0.2, -0.15) is 5.01 Å². The predicted molar refractivity (Wildman–Crippen MR) is 73.0 cm³/mol. The average Bonchev–Trinajstić information content (AvgIpc) is 2.89. The van der Waals surface area contributed by atoms with Gasteiger partial charge in [0.25, 0.3) is 0 Å². The smallest absolute Gasteiger partial charge is 0.431 e. The van der Waals surface area contributed by atoms with Crippen molar-refractivity contribution >= 4 is 12.2 Å². The van der Waals surface area contributed by atoms with E-state index in [1.165, 1.54) is 0 Å². The van der Waals surface area contributed by atoms with Gasteiger partial charge in [0.05, 0.1) is 19.8 Å². The van der Waals surface area contributed by atoms with E-state index in [9.17, 15) is 9.59 Å². The van der Waals surface area contributed by atoms with E-state index in [4.69, 9.17) is 14.2 Å². The summed E-state index contributed by atoms with van der Waals surface area (Å²) in [5.41, 5.74) is 4.13. The topological polar surface area (TPSA) is 77.1 Å². The van der Waals surface area contributed by atoms with Crippen LogP contribution in [0.1, 0.15) is 31.2 Å². The molecule has 1 atom stereocenters. The first-order valence-electron chi connectivity index (χ1n) is 6.76. The Bertz CT molecular complexity index is 520. The Morgan fingerprint density at radius 2 is 2.00 bits per heavy atom. The predicted octanol–water partition coefficient (Wildman–Crippen LogP) is 2.33. The van der Waals surface area contributed by atoms with Crippen LogP contribution in [0.2, 0.25) is 0 Å². The summed E-state index contributed by atoms with van der Waals surface area (Å²) in [4.78, 5) is 23.6. The lowest BCUT2D eigenvalue weighted by atomic mass is 10.1. The highest BCUT2D eigenvalue weighted by atomic mass is 16.6. The number of hydrogen-bond donors (Lipinski definition) is 1. The fourth-order valence-electron chi connectivity index (χ4n) is 2.03. The number of amides is 2. The molecule has 1 aliphatic rings. The van der Waals surface area contributed by atoms with Crippen LogP contribution in [0.25, 0.3) is 0 Å². The molecular formula is C14H18N2O5. The van der Waals surface area contributed by atoms with Crippen LogP contribution in [0.5, 0.6) is 0 Å². The zero-order chi connectivity index (χ0) is 15.2. The second-order valence-corrected chi connectivity index (χ2v) is 4.26. The Hall–Kier alpha value is -2.28. The van der Waals surface area contributed by atoms with Crippen LogP contribution in [0.15, 0.2) is 24.3 Å². The van der Waals surface area contributed by atoms with E-state index >= 15 is 0 Å². The van der Waals surface area contributed by atoms with Crippen molar-refractivity contribution in [3.63, 3.8) is 0 Å². The number of rotatable bonds is 3. The quantitative estimate of drug-likeness (QED) is 0.866. The van der Waals surface area contributed by atoms with Crippen molar-refractivity contribution in [3.8, 4) is 0 Å². The van der Waals surface area contributed by atoms with Crippen LogP contribution < -0.4 is 5.43 Å². The van der Waals surface area contributed by atoms with Crippen molar-refractivity contribution in [3.05, 3.63) is 35.4 Å². The molecule has 0 saturated heterocycles. The molecule has 2 rings (SSSR count). The summed E-state index contributed by atoms with van der Waals surface area (Å²) in [5, 5.41) is 1.01. The average molecular weight is 294 g/mol. The van der Waals surface area contributed by atoms with Gasteiger partial charge in [0, 0.05) is 5.56 Å². The van der Waals surface area contributed by atoms with Gasteiger partial charge in [-0.1, -0.05) is 24.3 Å². The maximum atomic E-state index is 12.0. The molecule has 0 spiro atoms. The van der Waals surface area contributed by atoms with Gasteiger partial charge in [-0.05, 0) is 19.4 Å². The lowest BCUT2D eigenvalue weighted by Gasteiger charge is -2.27. The summed E-state index contributed by atoms with van der Waals surface area (Å²) < 4.78 is 15.3. The van der Waals surface area contributed by atoms with Gasteiger partial charge in [0.15, 0.2) is 6.23 Å². The van der Waals surface area contributed by atoms with Crippen LogP contribution in [0, 0.1) is 0 Å². The molecule has 0 saturated carbocycles. The third-order valence-electron chi connectivity index (χ3n) is 2.90. The second-order valence-electron chi connectivity index (χ2n) is 4.26. The molecule has 114 valence electrons. The number of nitrogens with zero attached hydrogens (tertiary/aromatic N) is 1. The highest BCUT2D eigenvalue weighted by molar-refractivity contribution is 5.74. The highest BCUT2D eigenvalue weighted by Crippen LogP contribution is 2.32. The van der Waals surface area contributed by atoms with E-state index in [1.54, 1.807) is 13.8 Å². The molecule has 1 aromatic carbocycles. The highest BCUT2D eigenvalue weighted by Gasteiger charge is 2.34. The van der Waals surface area contributed by atoms with Crippen LogP contribution in [-0.4, -0.2) is 30.4 Å². The fraction of sp³-hybridized carbons (Fsp3) is 0.429. The number of carbonyl (C=O) groups excluding carboxylic acids is 2. The van der Waals surface area contributed by atoms with Crippen molar-refractivity contribution < 1.29 is 23.8 Å². The molecule has 0 aliphatic carbocycles. The molecule has 0 fully saturated rings. The summed E-state index contributed by atoms with van der Waals surface area (Å²) in [6, 6.07) is 7.47. The fourth-order valence-corrected chi connectivity index (χ4v) is 2.03. The van der Waals surface area contributed by atoms with Gasteiger partial charge < -0.3 is 14.2 Å². The Labute approximate surface area is 122 Å². The second kappa shape index (κ2) is 6.94. The van der Waals surface area contributed by atoms with Crippen LogP contribution >= 0.6 is 0 Å². The summed E-state index contributed by atoms with van der Waals surface area (Å²) in [5.74, 6) is 0. The molecule has 0 aromatic heterocycles. The maximum absolute atomic E-state index is 12.0. The van der Waals surface area contributed by atoms with E-state index in [0.717, 1.165) is 16.1 Å². The standard InChI is InChI=1S/C14H18N2O5/c1-3-19-13(17)15-16(14(18)20-4-2)12-11-8-6-5-7-10(11)9-21-12/h5-8,12H,3-4,9H2,1-2H3,(H,15,17). The summed E-state index contributed by atoms with van der Waals surface area (Å²) >= 11 is 0. The van der Waals surface area contributed by atoms with Crippen molar-refractivity contribution in [1.29, 1.82) is 0 Å². The van der Waals surface area contributed by atoms with Gasteiger partial charge in [-0.3, -0.25) is 0 Å². The van der Waals surface area contributed by atoms with Gasteiger partial charge in [0.1, 0.15) is 0 Å². The first-order valence-corrected chi connectivity index (χ1v) is 6.76. The first-order chi connectivity index (χ1) is 10.2. The third-order valence-corrected chi connectivity index (χ3v) is 2.90. The van der Waals surface area contributed by atoms with Gasteiger partial charge >= 0.3 is 12.2 Å². The lowest BCUT2D eigenvalue weighted by molar-refractivity contribution is -0.0667. The Balaban J connectivity index is 2.19. The van der Waals surface area contributed by atoms with E-state index in [2.05, 4.69) is 5.43 Å². The number of nitrogens with one attached hydrogen (secondary N) is 1. The number of benzene rings is 1. The Morgan fingerprint density at radius 1 is 1.29 bits per heavy atom. The molecule has 0 radical (unpaired) electrons. The van der Waals surface area contributed by atoms with E-state index < -0.39 is 18.4 Å². The number of fused-ring (bicyclic) bond motifs is 1. The Morgan fingerprint density at radius 3 is 2.71 bits per heavy atom. The van der Waals surface area contributed by atoms with Gasteiger partial charge in [-0.15, -0.1) is 0 Å². The molecule has 1 heterocycles. The van der Waals surface area contributed by atoms with Gasteiger partial charge in [0.2, 0.25) is 0 Å². The van der Waals surface area contributed by atoms with Crippen molar-refractivity contribution in [2.45, 2.75) is 26.7 Å². The molecular weight excluding hydrogens is 276 g/mol. The summed E-state index contributed by atoms with van der Waals surface area (Å²) in [6.45, 7) is 4.11. The molecule has 2 amide bonds. The SMILES string of the molecule is CCOC(=O)NN(C(=O)OCC)C1OCc2ccccc21. The number of hydrazine groups is 1. The third kappa shape index (κ3) is 3.43. The summed E-state index contributed by atoms with van der Waals surface area (Å²) in [7, 11) is 0. The molecule has 1 N–H and O–H groups in total. The largest absolute Gasteiger partial charge is 0.449 e. The molecule has 7 nitrogen and oxygen atoms in total. The van der Waals surface area contributed by atoms with Crippen LogP contribution in [0.3, 0.4) is 0 Å².